The molecule has 1 aromatic heterocycles. The molecular formula is C7H7Br2N3S. The molecule has 70 valence electrons. The van der Waals surface area contributed by atoms with Gasteiger partial charge in [-0.1, -0.05) is 0 Å². The van der Waals surface area contributed by atoms with Crippen molar-refractivity contribution in [3.05, 3.63) is 20.8 Å². The quantitative estimate of drug-likeness (QED) is 0.780. The molecule has 1 aromatic rings. The molecular weight excluding hydrogens is 318 g/mol. The fraction of sp³-hybridized carbons (Fsp3) is 0.143. The summed E-state index contributed by atoms with van der Waals surface area (Å²) in [6, 6.07) is 0. The van der Waals surface area contributed by atoms with E-state index in [4.69, 9.17) is 18.0 Å². The van der Waals surface area contributed by atoms with Gasteiger partial charge in [0.25, 0.3) is 0 Å². The Balaban J connectivity index is 3.17. The minimum absolute atomic E-state index is 0.229. The first-order chi connectivity index (χ1) is 6.02. The zero-order chi connectivity index (χ0) is 10.0. The smallest absolute Gasteiger partial charge is 0.168 e. The van der Waals surface area contributed by atoms with Gasteiger partial charge in [0, 0.05) is 6.20 Å². The lowest BCUT2D eigenvalue weighted by atomic mass is 10.3. The van der Waals surface area contributed by atoms with E-state index >= 15 is 0 Å². The van der Waals surface area contributed by atoms with E-state index in [1.165, 1.54) is 0 Å². The van der Waals surface area contributed by atoms with Crippen LogP contribution in [0.15, 0.2) is 15.1 Å². The Labute approximate surface area is 98.4 Å². The minimum atomic E-state index is 0.229. The van der Waals surface area contributed by atoms with E-state index < -0.39 is 0 Å². The average Bonchev–Trinajstić information content (AvgIpc) is 2.05. The second kappa shape index (κ2) is 4.34. The SMILES string of the molecule is Cc1ncc(Br)c(NC(N)=S)c1Br. The highest BCUT2D eigenvalue weighted by molar-refractivity contribution is 9.11. The summed E-state index contributed by atoms with van der Waals surface area (Å²) in [6.45, 7) is 1.89. The van der Waals surface area contributed by atoms with Gasteiger partial charge in [0.2, 0.25) is 0 Å². The van der Waals surface area contributed by atoms with Gasteiger partial charge in [-0.2, -0.15) is 0 Å². The van der Waals surface area contributed by atoms with E-state index in [2.05, 4.69) is 42.2 Å². The largest absolute Gasteiger partial charge is 0.376 e. The molecule has 0 aliphatic rings. The van der Waals surface area contributed by atoms with E-state index in [9.17, 15) is 0 Å². The third kappa shape index (κ3) is 2.62. The summed E-state index contributed by atoms with van der Waals surface area (Å²) in [6.07, 6.45) is 1.70. The second-order valence-corrected chi connectivity index (χ2v) is 4.46. The van der Waals surface area contributed by atoms with Crippen LogP contribution >= 0.6 is 44.1 Å². The lowest BCUT2D eigenvalue weighted by Crippen LogP contribution is -2.19. The number of aromatic nitrogens is 1. The van der Waals surface area contributed by atoms with Crippen LogP contribution in [0.3, 0.4) is 0 Å². The number of hydrogen-bond donors (Lipinski definition) is 2. The van der Waals surface area contributed by atoms with Gasteiger partial charge in [-0.05, 0) is 51.0 Å². The maximum atomic E-state index is 5.37. The van der Waals surface area contributed by atoms with Crippen molar-refractivity contribution in [3.8, 4) is 0 Å². The van der Waals surface area contributed by atoms with Crippen LogP contribution in [0.1, 0.15) is 5.69 Å². The maximum Gasteiger partial charge on any atom is 0.168 e. The van der Waals surface area contributed by atoms with Crippen molar-refractivity contribution < 1.29 is 0 Å². The van der Waals surface area contributed by atoms with Crippen LogP contribution in [0.2, 0.25) is 0 Å². The first kappa shape index (κ1) is 10.9. The van der Waals surface area contributed by atoms with Crippen molar-refractivity contribution in [2.24, 2.45) is 5.73 Å². The summed E-state index contributed by atoms with van der Waals surface area (Å²) in [7, 11) is 0. The number of pyridine rings is 1. The molecule has 0 saturated heterocycles. The molecule has 1 heterocycles. The lowest BCUT2D eigenvalue weighted by molar-refractivity contribution is 1.17. The first-order valence-corrected chi connectivity index (χ1v) is 5.39. The maximum absolute atomic E-state index is 5.37. The Hall–Kier alpha value is -0.200. The number of hydrogen-bond acceptors (Lipinski definition) is 2. The minimum Gasteiger partial charge on any atom is -0.376 e. The molecule has 0 unspecified atom stereocenters. The normalized spacial score (nSPS) is 9.77. The summed E-state index contributed by atoms with van der Waals surface area (Å²) >= 11 is 11.5. The average molecular weight is 325 g/mol. The number of aryl methyl sites for hydroxylation is 1. The van der Waals surface area contributed by atoms with Gasteiger partial charge in [-0.25, -0.2) is 0 Å². The second-order valence-electron chi connectivity index (χ2n) is 2.37. The van der Waals surface area contributed by atoms with Crippen molar-refractivity contribution in [3.63, 3.8) is 0 Å². The molecule has 0 aliphatic heterocycles. The van der Waals surface area contributed by atoms with Crippen molar-refractivity contribution in [2.75, 3.05) is 5.32 Å². The number of nitrogens with zero attached hydrogens (tertiary/aromatic N) is 1. The standard InChI is InChI=1S/C7H7Br2N3S/c1-3-5(9)6(12-7(10)13)4(8)2-11-3/h2H,1H3,(H3,10,11,12,13). The van der Waals surface area contributed by atoms with Crippen LogP contribution in [0.4, 0.5) is 5.69 Å². The monoisotopic (exact) mass is 323 g/mol. The summed E-state index contributed by atoms with van der Waals surface area (Å²) in [5.41, 5.74) is 7.05. The molecule has 0 atom stereocenters. The van der Waals surface area contributed by atoms with E-state index in [0.717, 1.165) is 20.3 Å². The number of halogens is 2. The van der Waals surface area contributed by atoms with Gasteiger partial charge in [-0.15, -0.1) is 0 Å². The number of thiocarbonyl (C=S) groups is 1. The summed E-state index contributed by atoms with van der Waals surface area (Å²) in [4.78, 5) is 4.13. The number of nitrogens with two attached hydrogens (primary N) is 1. The van der Waals surface area contributed by atoms with Crippen LogP contribution < -0.4 is 11.1 Å². The lowest BCUT2D eigenvalue weighted by Gasteiger charge is -2.09. The van der Waals surface area contributed by atoms with Crippen molar-refractivity contribution in [1.29, 1.82) is 0 Å². The van der Waals surface area contributed by atoms with E-state index in [-0.39, 0.29) is 5.11 Å². The Morgan fingerprint density at radius 3 is 2.77 bits per heavy atom. The summed E-state index contributed by atoms with van der Waals surface area (Å²) in [5, 5.41) is 3.09. The fourth-order valence-corrected chi connectivity index (χ4v) is 1.98. The highest BCUT2D eigenvalue weighted by atomic mass is 79.9. The Kier molecular flexibility index (Phi) is 3.63. The molecule has 3 N–H and O–H groups in total. The van der Waals surface area contributed by atoms with Crippen molar-refractivity contribution in [2.45, 2.75) is 6.92 Å². The highest BCUT2D eigenvalue weighted by Gasteiger charge is 2.08. The van der Waals surface area contributed by atoms with Gasteiger partial charge in [-0.3, -0.25) is 4.98 Å². The number of anilines is 1. The van der Waals surface area contributed by atoms with Crippen LogP contribution in [0.25, 0.3) is 0 Å². The van der Waals surface area contributed by atoms with Crippen molar-refractivity contribution in [1.82, 2.24) is 4.98 Å². The third-order valence-corrected chi connectivity index (χ3v) is 3.07. The molecule has 6 heteroatoms. The molecule has 1 rings (SSSR count). The molecule has 0 aromatic carbocycles. The Bertz CT molecular complexity index is 354. The van der Waals surface area contributed by atoms with E-state index in [1.54, 1.807) is 6.20 Å². The highest BCUT2D eigenvalue weighted by Crippen LogP contribution is 2.31. The van der Waals surface area contributed by atoms with Crippen LogP contribution in [-0.4, -0.2) is 10.1 Å². The summed E-state index contributed by atoms with van der Waals surface area (Å²) < 4.78 is 1.67. The van der Waals surface area contributed by atoms with Gasteiger partial charge in [0.1, 0.15) is 0 Å². The molecule has 0 amide bonds. The topological polar surface area (TPSA) is 50.9 Å². The zero-order valence-electron chi connectivity index (χ0n) is 6.77. The Morgan fingerprint density at radius 1 is 1.62 bits per heavy atom. The molecule has 13 heavy (non-hydrogen) atoms. The van der Waals surface area contributed by atoms with E-state index in [0.29, 0.717) is 0 Å². The molecule has 0 radical (unpaired) electrons. The Morgan fingerprint density at radius 2 is 2.23 bits per heavy atom. The molecule has 3 nitrogen and oxygen atoms in total. The third-order valence-electron chi connectivity index (χ3n) is 1.40. The summed E-state index contributed by atoms with van der Waals surface area (Å²) in [5.74, 6) is 0. The van der Waals surface area contributed by atoms with Gasteiger partial charge in [0.05, 0.1) is 20.3 Å². The zero-order valence-corrected chi connectivity index (χ0v) is 10.8. The van der Waals surface area contributed by atoms with Crippen molar-refractivity contribution >= 4 is 54.9 Å². The predicted octanol–water partition coefficient (Wildman–Crippen LogP) is 2.57. The number of rotatable bonds is 1. The van der Waals surface area contributed by atoms with Gasteiger partial charge < -0.3 is 11.1 Å². The fourth-order valence-electron chi connectivity index (χ4n) is 0.798. The van der Waals surface area contributed by atoms with Crippen LogP contribution in [0.5, 0.6) is 0 Å². The van der Waals surface area contributed by atoms with Gasteiger partial charge >= 0.3 is 0 Å². The number of nitrogens with one attached hydrogen (secondary N) is 1. The molecule has 0 aliphatic carbocycles. The van der Waals surface area contributed by atoms with Crippen LogP contribution in [-0.2, 0) is 0 Å². The predicted molar refractivity (Wildman–Crippen MR) is 64.8 cm³/mol. The van der Waals surface area contributed by atoms with E-state index in [1.807, 2.05) is 6.92 Å². The molecule has 0 bridgehead atoms. The first-order valence-electron chi connectivity index (χ1n) is 3.39. The molecule has 0 saturated carbocycles. The molecule has 0 fully saturated rings. The van der Waals surface area contributed by atoms with Crippen LogP contribution in [0, 0.1) is 6.92 Å². The van der Waals surface area contributed by atoms with Gasteiger partial charge in [0.15, 0.2) is 5.11 Å². The molecule has 0 spiro atoms.